The Morgan fingerprint density at radius 1 is 1.00 bits per heavy atom. The molecule has 140 valence electrons. The Bertz CT molecular complexity index is 1260. The molecule has 3 aromatic carbocycles. The van der Waals surface area contributed by atoms with Gasteiger partial charge in [-0.25, -0.2) is 0 Å². The van der Waals surface area contributed by atoms with Crippen LogP contribution < -0.4 is 15.5 Å². The van der Waals surface area contributed by atoms with Gasteiger partial charge in [0.1, 0.15) is 12.3 Å². The first-order valence-corrected chi connectivity index (χ1v) is 9.10. The molecule has 0 radical (unpaired) electrons. The highest BCUT2D eigenvalue weighted by Gasteiger charge is 2.14. The Hall–Kier alpha value is -3.31. The highest BCUT2D eigenvalue weighted by molar-refractivity contribution is 6.33. The van der Waals surface area contributed by atoms with Crippen molar-refractivity contribution in [2.45, 2.75) is 6.54 Å². The lowest BCUT2D eigenvalue weighted by atomic mass is 10.1. The summed E-state index contributed by atoms with van der Waals surface area (Å²) in [5, 5.41) is 4.35. The first kappa shape index (κ1) is 18.1. The smallest absolute Gasteiger partial charge is 0.244 e. The van der Waals surface area contributed by atoms with Gasteiger partial charge in [-0.15, -0.1) is 0 Å². The standard InChI is InChI=1S/C22H17ClN2O3/c1-28-14-10-11-20-16(12-14)22(27)15-6-2-5-9-19(15)25(20)13-21(26)24-18-8-4-3-7-17(18)23/h2-12H,13H2,1H3,(H,24,26). The van der Waals surface area contributed by atoms with E-state index >= 15 is 0 Å². The minimum atomic E-state index is -0.237. The van der Waals surface area contributed by atoms with E-state index in [1.54, 1.807) is 55.6 Å². The molecule has 0 aliphatic heterocycles. The molecule has 0 aliphatic carbocycles. The van der Waals surface area contributed by atoms with Crippen LogP contribution in [0.4, 0.5) is 5.69 Å². The van der Waals surface area contributed by atoms with E-state index in [4.69, 9.17) is 16.3 Å². The highest BCUT2D eigenvalue weighted by Crippen LogP contribution is 2.24. The number of benzene rings is 3. The summed E-state index contributed by atoms with van der Waals surface area (Å²) in [5.41, 5.74) is 1.82. The SMILES string of the molecule is COc1ccc2c(c1)c(=O)c1ccccc1n2CC(=O)Nc1ccccc1Cl. The predicted octanol–water partition coefficient (Wildman–Crippen LogP) is 4.46. The largest absolute Gasteiger partial charge is 0.497 e. The number of nitrogens with one attached hydrogen (secondary N) is 1. The molecule has 1 aromatic heterocycles. The molecule has 4 rings (SSSR count). The molecular formula is C22H17ClN2O3. The van der Waals surface area contributed by atoms with E-state index in [-0.39, 0.29) is 17.9 Å². The average molecular weight is 393 g/mol. The molecule has 0 saturated heterocycles. The van der Waals surface area contributed by atoms with Crippen molar-refractivity contribution in [1.29, 1.82) is 0 Å². The van der Waals surface area contributed by atoms with Gasteiger partial charge in [-0.3, -0.25) is 9.59 Å². The molecule has 0 aliphatic rings. The molecule has 0 bridgehead atoms. The molecule has 0 spiro atoms. The normalized spacial score (nSPS) is 10.9. The predicted molar refractivity (Wildman–Crippen MR) is 112 cm³/mol. The van der Waals surface area contributed by atoms with E-state index < -0.39 is 0 Å². The van der Waals surface area contributed by atoms with Gasteiger partial charge in [-0.1, -0.05) is 35.9 Å². The number of hydrogen-bond donors (Lipinski definition) is 1. The Kier molecular flexibility index (Phi) is 4.75. The van der Waals surface area contributed by atoms with Gasteiger partial charge in [0.15, 0.2) is 5.43 Å². The van der Waals surface area contributed by atoms with Crippen LogP contribution in [0.2, 0.25) is 5.02 Å². The van der Waals surface area contributed by atoms with E-state index in [2.05, 4.69) is 5.32 Å². The van der Waals surface area contributed by atoms with E-state index in [1.807, 2.05) is 22.8 Å². The number of nitrogens with zero attached hydrogens (tertiary/aromatic N) is 1. The molecule has 0 unspecified atom stereocenters. The highest BCUT2D eigenvalue weighted by atomic mass is 35.5. The molecule has 1 amide bonds. The Labute approximate surface area is 166 Å². The van der Waals surface area contributed by atoms with Crippen molar-refractivity contribution in [2.75, 3.05) is 12.4 Å². The van der Waals surface area contributed by atoms with E-state index in [0.717, 1.165) is 0 Å². The second kappa shape index (κ2) is 7.37. The van der Waals surface area contributed by atoms with Crippen molar-refractivity contribution >= 4 is 45.0 Å². The molecule has 1 N–H and O–H groups in total. The fourth-order valence-electron chi connectivity index (χ4n) is 3.30. The number of pyridine rings is 1. The fraction of sp³-hybridized carbons (Fsp3) is 0.0909. The van der Waals surface area contributed by atoms with Gasteiger partial charge in [-0.05, 0) is 42.5 Å². The summed E-state index contributed by atoms with van der Waals surface area (Å²) in [6.45, 7) is 0.0366. The number of anilines is 1. The monoisotopic (exact) mass is 392 g/mol. The third-order valence-corrected chi connectivity index (χ3v) is 4.96. The summed E-state index contributed by atoms with van der Waals surface area (Å²) in [4.78, 5) is 25.7. The summed E-state index contributed by atoms with van der Waals surface area (Å²) in [5.74, 6) is 0.353. The van der Waals surface area contributed by atoms with Gasteiger partial charge in [-0.2, -0.15) is 0 Å². The third-order valence-electron chi connectivity index (χ3n) is 4.63. The Morgan fingerprint density at radius 2 is 1.71 bits per heavy atom. The lowest BCUT2D eigenvalue weighted by Crippen LogP contribution is -2.21. The van der Waals surface area contributed by atoms with Gasteiger partial charge in [0, 0.05) is 10.8 Å². The zero-order chi connectivity index (χ0) is 19.7. The van der Waals surface area contributed by atoms with E-state index in [1.165, 1.54) is 0 Å². The third kappa shape index (κ3) is 3.21. The van der Waals surface area contributed by atoms with Crippen LogP contribution in [-0.2, 0) is 11.3 Å². The molecule has 28 heavy (non-hydrogen) atoms. The van der Waals surface area contributed by atoms with Crippen LogP contribution in [0.1, 0.15) is 0 Å². The summed E-state index contributed by atoms with van der Waals surface area (Å²) in [7, 11) is 1.55. The lowest BCUT2D eigenvalue weighted by molar-refractivity contribution is -0.116. The zero-order valence-electron chi connectivity index (χ0n) is 15.1. The Balaban J connectivity index is 1.85. The van der Waals surface area contributed by atoms with Crippen molar-refractivity contribution < 1.29 is 9.53 Å². The van der Waals surface area contributed by atoms with Crippen LogP contribution in [0, 0.1) is 0 Å². The van der Waals surface area contributed by atoms with Gasteiger partial charge in [0.05, 0.1) is 28.9 Å². The van der Waals surface area contributed by atoms with Crippen LogP contribution in [-0.4, -0.2) is 17.6 Å². The molecule has 0 saturated carbocycles. The number of rotatable bonds is 4. The summed E-state index contributed by atoms with van der Waals surface area (Å²) >= 11 is 6.14. The van der Waals surface area contributed by atoms with Crippen molar-refractivity contribution in [3.05, 3.63) is 82.0 Å². The minimum Gasteiger partial charge on any atom is -0.497 e. The molecule has 6 heteroatoms. The second-order valence-corrected chi connectivity index (χ2v) is 6.75. The van der Waals surface area contributed by atoms with Crippen molar-refractivity contribution in [3.63, 3.8) is 0 Å². The number of amides is 1. The zero-order valence-corrected chi connectivity index (χ0v) is 15.9. The Morgan fingerprint density at radius 3 is 2.50 bits per heavy atom. The summed E-state index contributed by atoms with van der Waals surface area (Å²) in [6, 6.07) is 19.6. The second-order valence-electron chi connectivity index (χ2n) is 6.34. The number of ether oxygens (including phenoxy) is 1. The number of methoxy groups -OCH3 is 1. The number of aromatic nitrogens is 1. The van der Waals surface area contributed by atoms with Crippen molar-refractivity contribution in [3.8, 4) is 5.75 Å². The number of carbonyl (C=O) groups is 1. The van der Waals surface area contributed by atoms with Gasteiger partial charge < -0.3 is 14.6 Å². The lowest BCUT2D eigenvalue weighted by Gasteiger charge is -2.16. The number of para-hydroxylation sites is 2. The van der Waals surface area contributed by atoms with Crippen LogP contribution >= 0.6 is 11.6 Å². The number of halogens is 1. The molecular weight excluding hydrogens is 376 g/mol. The van der Waals surface area contributed by atoms with Crippen LogP contribution in [0.15, 0.2) is 71.5 Å². The van der Waals surface area contributed by atoms with Gasteiger partial charge in [0.25, 0.3) is 0 Å². The maximum atomic E-state index is 12.9. The van der Waals surface area contributed by atoms with Crippen LogP contribution in [0.25, 0.3) is 21.8 Å². The average Bonchev–Trinajstić information content (AvgIpc) is 2.72. The minimum absolute atomic E-state index is 0.0366. The first-order valence-electron chi connectivity index (χ1n) is 8.72. The van der Waals surface area contributed by atoms with Gasteiger partial charge in [0.2, 0.25) is 5.91 Å². The molecule has 1 heterocycles. The van der Waals surface area contributed by atoms with Crippen LogP contribution in [0.5, 0.6) is 5.75 Å². The first-order chi connectivity index (χ1) is 13.6. The maximum absolute atomic E-state index is 12.9. The van der Waals surface area contributed by atoms with Crippen molar-refractivity contribution in [2.24, 2.45) is 0 Å². The van der Waals surface area contributed by atoms with Gasteiger partial charge >= 0.3 is 0 Å². The van der Waals surface area contributed by atoms with Crippen molar-refractivity contribution in [1.82, 2.24) is 4.57 Å². The fourth-order valence-corrected chi connectivity index (χ4v) is 3.48. The summed E-state index contributed by atoms with van der Waals surface area (Å²) in [6.07, 6.45) is 0. The number of fused-ring (bicyclic) bond motifs is 2. The number of hydrogen-bond acceptors (Lipinski definition) is 3. The summed E-state index contributed by atoms with van der Waals surface area (Å²) < 4.78 is 7.09. The van der Waals surface area contributed by atoms with Crippen LogP contribution in [0.3, 0.4) is 0 Å². The number of carbonyl (C=O) groups excluding carboxylic acids is 1. The molecule has 5 nitrogen and oxygen atoms in total. The van der Waals surface area contributed by atoms with E-state index in [0.29, 0.717) is 38.3 Å². The topological polar surface area (TPSA) is 60.3 Å². The maximum Gasteiger partial charge on any atom is 0.244 e. The van der Waals surface area contributed by atoms with E-state index in [9.17, 15) is 9.59 Å². The molecule has 0 atom stereocenters. The molecule has 0 fully saturated rings. The quantitative estimate of drug-likeness (QED) is 0.522. The molecule has 4 aromatic rings.